The topological polar surface area (TPSA) is 112 Å². The van der Waals surface area contributed by atoms with Crippen molar-refractivity contribution in [2.75, 3.05) is 13.7 Å². The molecule has 0 spiro atoms. The van der Waals surface area contributed by atoms with Gasteiger partial charge in [0.15, 0.2) is 6.29 Å². The maximum Gasteiger partial charge on any atom is 0.186 e. The maximum atomic E-state index is 10.4. The molecule has 7 nitrogen and oxygen atoms in total. The minimum Gasteiger partial charge on any atom is -0.493 e. The molecular formula is C22H26ClNO6. The van der Waals surface area contributed by atoms with E-state index in [0.29, 0.717) is 30.0 Å². The zero-order valence-corrected chi connectivity index (χ0v) is 17.3. The predicted octanol–water partition coefficient (Wildman–Crippen LogP) is 2.48. The number of aliphatic hydroxyl groups is 3. The number of hydrogen-bond acceptors (Lipinski definition) is 7. The molecule has 1 heterocycles. The van der Waals surface area contributed by atoms with Crippen LogP contribution in [0.25, 0.3) is 0 Å². The average molecular weight is 436 g/mol. The molecule has 0 radical (unpaired) electrons. The van der Waals surface area contributed by atoms with Crippen LogP contribution in [-0.4, -0.2) is 59.9 Å². The monoisotopic (exact) mass is 435 g/mol. The van der Waals surface area contributed by atoms with Crippen molar-refractivity contribution in [2.45, 2.75) is 43.5 Å². The highest BCUT2D eigenvalue weighted by Crippen LogP contribution is 2.34. The molecule has 0 bridgehead atoms. The van der Waals surface area contributed by atoms with Crippen molar-refractivity contribution in [3.63, 3.8) is 0 Å². The van der Waals surface area contributed by atoms with Gasteiger partial charge >= 0.3 is 0 Å². The van der Waals surface area contributed by atoms with Crippen molar-refractivity contribution in [2.24, 2.45) is 0 Å². The molecule has 1 saturated heterocycles. The third kappa shape index (κ3) is 5.18. The lowest BCUT2D eigenvalue weighted by atomic mass is 9.92. The van der Waals surface area contributed by atoms with E-state index < -0.39 is 30.7 Å². The molecule has 8 heteroatoms. The summed E-state index contributed by atoms with van der Waals surface area (Å²) in [5.41, 5.74) is 2.47. The molecule has 0 aromatic heterocycles. The highest BCUT2D eigenvalue weighted by atomic mass is 35.5. The van der Waals surface area contributed by atoms with E-state index in [2.05, 4.69) is 0 Å². The van der Waals surface area contributed by atoms with E-state index in [-0.39, 0.29) is 0 Å². The van der Waals surface area contributed by atoms with Gasteiger partial charge in [0.25, 0.3) is 0 Å². The molecular weight excluding hydrogens is 410 g/mol. The molecule has 0 aliphatic carbocycles. The second-order valence-corrected chi connectivity index (χ2v) is 7.55. The molecule has 2 aromatic carbocycles. The second kappa shape index (κ2) is 10.3. The van der Waals surface area contributed by atoms with Gasteiger partial charge in [-0.3, -0.25) is 0 Å². The smallest absolute Gasteiger partial charge is 0.186 e. The summed E-state index contributed by atoms with van der Waals surface area (Å²) in [5.74, 6) is 0.734. The summed E-state index contributed by atoms with van der Waals surface area (Å²) in [7, 11) is 1.36. The van der Waals surface area contributed by atoms with Gasteiger partial charge < -0.3 is 34.9 Å². The number of halogens is 1. The first kappa shape index (κ1) is 22.7. The number of rotatable bonds is 8. The van der Waals surface area contributed by atoms with Crippen molar-refractivity contribution in [3.8, 4) is 5.75 Å². The molecule has 5 atom stereocenters. The lowest BCUT2D eigenvalue weighted by molar-refractivity contribution is -0.292. The fraction of sp³-hybridized carbons (Fsp3) is 0.409. The molecule has 0 saturated carbocycles. The van der Waals surface area contributed by atoms with Crippen LogP contribution in [0.3, 0.4) is 0 Å². The van der Waals surface area contributed by atoms with Gasteiger partial charge in [-0.2, -0.15) is 0 Å². The first-order valence-corrected chi connectivity index (χ1v) is 10.0. The third-order valence-electron chi connectivity index (χ3n) is 5.05. The number of aliphatic hydroxyl groups excluding tert-OH is 3. The molecule has 0 amide bonds. The Bertz CT molecular complexity index is 844. The van der Waals surface area contributed by atoms with Crippen molar-refractivity contribution in [1.82, 2.24) is 0 Å². The van der Waals surface area contributed by atoms with Gasteiger partial charge in [-0.25, -0.2) is 0 Å². The Balaban J connectivity index is 1.76. The zero-order chi connectivity index (χ0) is 21.7. The first-order chi connectivity index (χ1) is 14.4. The van der Waals surface area contributed by atoms with Gasteiger partial charge in [0.05, 0.1) is 6.61 Å². The highest BCUT2D eigenvalue weighted by Gasteiger charge is 2.44. The van der Waals surface area contributed by atoms with Gasteiger partial charge in [-0.15, -0.1) is 0 Å². The van der Waals surface area contributed by atoms with E-state index in [9.17, 15) is 15.3 Å². The summed E-state index contributed by atoms with van der Waals surface area (Å²) < 4.78 is 16.3. The standard InChI is InChI=1S/C22H26ClNO6/c1-28-22-20(27)18(25)19(26)21(30-22)14-5-8-17(23)15(12-14)11-13-3-6-16(7-4-13)29-10-2-9-24/h3-9,12,18-22,24-27H,2,10-11H2,1H3/t18-,19-,20+,21?,22+/m1/s1. The Labute approximate surface area is 180 Å². The number of hydrogen-bond donors (Lipinski definition) is 4. The number of nitrogens with one attached hydrogen (secondary N) is 1. The molecule has 3 rings (SSSR count). The fourth-order valence-corrected chi connectivity index (χ4v) is 3.57. The summed E-state index contributed by atoms with van der Waals surface area (Å²) in [6.45, 7) is 0.462. The minimum atomic E-state index is -1.40. The summed E-state index contributed by atoms with van der Waals surface area (Å²) in [6, 6.07) is 12.9. The summed E-state index contributed by atoms with van der Waals surface area (Å²) >= 11 is 6.38. The van der Waals surface area contributed by atoms with Crippen molar-refractivity contribution in [3.05, 3.63) is 64.2 Å². The largest absolute Gasteiger partial charge is 0.493 e. The van der Waals surface area contributed by atoms with E-state index in [1.54, 1.807) is 12.1 Å². The van der Waals surface area contributed by atoms with E-state index in [1.807, 2.05) is 30.3 Å². The molecule has 1 fully saturated rings. The second-order valence-electron chi connectivity index (χ2n) is 7.15. The normalized spacial score (nSPS) is 26.4. The van der Waals surface area contributed by atoms with Crippen LogP contribution in [0.4, 0.5) is 0 Å². The molecule has 2 aromatic rings. The van der Waals surface area contributed by atoms with E-state index in [1.165, 1.54) is 13.3 Å². The van der Waals surface area contributed by atoms with Crippen molar-refractivity contribution in [1.29, 1.82) is 5.41 Å². The van der Waals surface area contributed by atoms with Crippen LogP contribution >= 0.6 is 11.6 Å². The molecule has 162 valence electrons. The molecule has 30 heavy (non-hydrogen) atoms. The van der Waals surface area contributed by atoms with Crippen LogP contribution in [-0.2, 0) is 15.9 Å². The van der Waals surface area contributed by atoms with E-state index >= 15 is 0 Å². The van der Waals surface area contributed by atoms with Gasteiger partial charge in [0, 0.05) is 18.6 Å². The van der Waals surface area contributed by atoms with Crippen LogP contribution in [0.15, 0.2) is 42.5 Å². The van der Waals surface area contributed by atoms with Gasteiger partial charge in [0.2, 0.25) is 0 Å². The zero-order valence-electron chi connectivity index (χ0n) is 16.6. The SMILES string of the molecule is CO[C@H]1OC(c2ccc(Cl)c(Cc3ccc(OCCC=N)cc3)c2)[C@H](O)[C@@H](O)[C@@H]1O. The molecule has 1 aliphatic heterocycles. The quantitative estimate of drug-likeness (QED) is 0.374. The van der Waals surface area contributed by atoms with E-state index in [0.717, 1.165) is 16.9 Å². The Morgan fingerprint density at radius 2 is 1.80 bits per heavy atom. The molecule has 1 unspecified atom stereocenters. The summed E-state index contributed by atoms with van der Waals surface area (Å²) in [6.07, 6.45) is -3.53. The van der Waals surface area contributed by atoms with Crippen LogP contribution in [0.5, 0.6) is 5.75 Å². The number of benzene rings is 2. The Morgan fingerprint density at radius 3 is 2.47 bits per heavy atom. The van der Waals surface area contributed by atoms with Gasteiger partial charge in [0.1, 0.15) is 30.2 Å². The van der Waals surface area contributed by atoms with Crippen LogP contribution in [0.2, 0.25) is 5.02 Å². The lowest BCUT2D eigenvalue weighted by Gasteiger charge is -2.40. The number of methoxy groups -OCH3 is 1. The highest BCUT2D eigenvalue weighted by molar-refractivity contribution is 6.31. The minimum absolute atomic E-state index is 0.462. The third-order valence-corrected chi connectivity index (χ3v) is 5.42. The first-order valence-electron chi connectivity index (χ1n) is 9.66. The van der Waals surface area contributed by atoms with Crippen LogP contribution in [0, 0.1) is 5.41 Å². The van der Waals surface area contributed by atoms with Crippen molar-refractivity contribution >= 4 is 17.8 Å². The maximum absolute atomic E-state index is 10.4. The fourth-order valence-electron chi connectivity index (χ4n) is 3.38. The lowest BCUT2D eigenvalue weighted by Crippen LogP contribution is -2.54. The Morgan fingerprint density at radius 1 is 1.07 bits per heavy atom. The Kier molecular flexibility index (Phi) is 7.82. The molecule has 1 aliphatic rings. The summed E-state index contributed by atoms with van der Waals surface area (Å²) in [5, 5.41) is 38.1. The Hall–Kier alpha value is -2.00. The van der Waals surface area contributed by atoms with Crippen LogP contribution in [0.1, 0.15) is 29.2 Å². The number of ether oxygens (including phenoxy) is 3. The predicted molar refractivity (Wildman–Crippen MR) is 112 cm³/mol. The van der Waals surface area contributed by atoms with Gasteiger partial charge in [-0.05, 0) is 47.5 Å². The average Bonchev–Trinajstić information content (AvgIpc) is 2.75. The van der Waals surface area contributed by atoms with Gasteiger partial charge in [-0.1, -0.05) is 35.9 Å². The van der Waals surface area contributed by atoms with Crippen LogP contribution < -0.4 is 4.74 Å². The summed E-state index contributed by atoms with van der Waals surface area (Å²) in [4.78, 5) is 0. The van der Waals surface area contributed by atoms with E-state index in [4.69, 9.17) is 31.2 Å². The van der Waals surface area contributed by atoms with Crippen molar-refractivity contribution < 1.29 is 29.5 Å². The molecule has 4 N–H and O–H groups in total.